The first kappa shape index (κ1) is 13.8. The van der Waals surface area contributed by atoms with Gasteiger partial charge in [0.25, 0.3) is 0 Å². The monoisotopic (exact) mass is 240 g/mol. The van der Waals surface area contributed by atoms with Crippen LogP contribution in [0.4, 0.5) is 0 Å². The summed E-state index contributed by atoms with van der Waals surface area (Å²) in [5, 5.41) is 27.9. The zero-order chi connectivity index (χ0) is 13.9. The molecule has 1 aliphatic rings. The van der Waals surface area contributed by atoms with Crippen molar-refractivity contribution in [3.05, 3.63) is 22.5 Å². The molecule has 1 aliphatic heterocycles. The average molecular weight is 240 g/mol. The van der Waals surface area contributed by atoms with E-state index in [4.69, 9.17) is 0 Å². The molecule has 0 aromatic carbocycles. The largest absolute Gasteiger partial charge is 0.335 e. The number of hydrogen-bond acceptors (Lipinski definition) is 4. The lowest BCUT2D eigenvalue weighted by Crippen LogP contribution is -2.34. The first-order valence-corrected chi connectivity index (χ1v) is 5.89. The van der Waals surface area contributed by atoms with Crippen molar-refractivity contribution in [2.45, 2.75) is 34.1 Å². The fourth-order valence-electron chi connectivity index (χ4n) is 2.34. The predicted octanol–water partition coefficient (Wildman–Crippen LogP) is 2.84. The standard InChI is InChI=1S/C14H16N4/c1-5-6-18-10(2)11(7-15)14(3,4)12(8-16)13(18)9-17/h5-6H2,1-4H3. The van der Waals surface area contributed by atoms with E-state index >= 15 is 0 Å². The van der Waals surface area contributed by atoms with Gasteiger partial charge in [-0.15, -0.1) is 0 Å². The first-order valence-electron chi connectivity index (χ1n) is 5.89. The molecule has 0 saturated heterocycles. The molecule has 4 nitrogen and oxygen atoms in total. The van der Waals surface area contributed by atoms with E-state index in [1.165, 1.54) is 0 Å². The van der Waals surface area contributed by atoms with E-state index in [9.17, 15) is 15.8 Å². The zero-order valence-corrected chi connectivity index (χ0v) is 11.2. The van der Waals surface area contributed by atoms with E-state index < -0.39 is 5.41 Å². The molecule has 0 aromatic heterocycles. The summed E-state index contributed by atoms with van der Waals surface area (Å²) in [5.74, 6) is 0. The molecule has 1 rings (SSSR count). The topological polar surface area (TPSA) is 74.6 Å². The Morgan fingerprint density at radius 3 is 2.00 bits per heavy atom. The molecule has 0 atom stereocenters. The Morgan fingerprint density at radius 1 is 1.06 bits per heavy atom. The normalized spacial score (nSPS) is 18.2. The van der Waals surface area contributed by atoms with Crippen LogP contribution in [-0.4, -0.2) is 11.4 Å². The van der Waals surface area contributed by atoms with Crippen LogP contribution in [0, 0.1) is 39.4 Å². The third kappa shape index (κ3) is 1.85. The molecule has 0 fully saturated rings. The number of nitriles is 3. The third-order valence-corrected chi connectivity index (χ3v) is 3.30. The molecule has 92 valence electrons. The van der Waals surface area contributed by atoms with Crippen molar-refractivity contribution in [2.75, 3.05) is 6.54 Å². The van der Waals surface area contributed by atoms with E-state index in [2.05, 4.69) is 18.2 Å². The second-order valence-corrected chi connectivity index (χ2v) is 4.80. The summed E-state index contributed by atoms with van der Waals surface area (Å²) in [6, 6.07) is 6.39. The van der Waals surface area contributed by atoms with Gasteiger partial charge in [-0.05, 0) is 13.3 Å². The minimum Gasteiger partial charge on any atom is -0.335 e. The second-order valence-electron chi connectivity index (χ2n) is 4.80. The van der Waals surface area contributed by atoms with Crippen LogP contribution in [0.25, 0.3) is 0 Å². The number of rotatable bonds is 2. The Kier molecular flexibility index (Phi) is 3.79. The molecule has 0 saturated carbocycles. The van der Waals surface area contributed by atoms with E-state index in [0.29, 0.717) is 23.4 Å². The summed E-state index contributed by atoms with van der Waals surface area (Å²) >= 11 is 0. The van der Waals surface area contributed by atoms with E-state index in [0.717, 1.165) is 12.1 Å². The van der Waals surface area contributed by atoms with Crippen molar-refractivity contribution in [3.8, 4) is 18.2 Å². The highest BCUT2D eigenvalue weighted by molar-refractivity contribution is 5.54. The van der Waals surface area contributed by atoms with Gasteiger partial charge in [-0.2, -0.15) is 15.8 Å². The molecule has 0 radical (unpaired) electrons. The van der Waals surface area contributed by atoms with Gasteiger partial charge >= 0.3 is 0 Å². The lowest BCUT2D eigenvalue weighted by atomic mass is 9.74. The van der Waals surface area contributed by atoms with Gasteiger partial charge in [0.15, 0.2) is 0 Å². The molecule has 0 bridgehead atoms. The van der Waals surface area contributed by atoms with Crippen molar-refractivity contribution >= 4 is 0 Å². The molecule has 0 aliphatic carbocycles. The first-order chi connectivity index (χ1) is 8.45. The van der Waals surface area contributed by atoms with Gasteiger partial charge < -0.3 is 4.90 Å². The van der Waals surface area contributed by atoms with Gasteiger partial charge in [-0.1, -0.05) is 20.8 Å². The van der Waals surface area contributed by atoms with Crippen LogP contribution in [0.2, 0.25) is 0 Å². The average Bonchev–Trinajstić information content (AvgIpc) is 2.32. The maximum atomic E-state index is 9.31. The molecule has 0 amide bonds. The summed E-state index contributed by atoms with van der Waals surface area (Å²) < 4.78 is 0. The van der Waals surface area contributed by atoms with Crippen LogP contribution >= 0.6 is 0 Å². The van der Waals surface area contributed by atoms with Crippen molar-refractivity contribution in [1.29, 1.82) is 15.8 Å². The Morgan fingerprint density at radius 2 is 1.61 bits per heavy atom. The Labute approximate surface area is 108 Å². The fraction of sp³-hybridized carbons (Fsp3) is 0.500. The van der Waals surface area contributed by atoms with E-state index in [1.54, 1.807) is 4.90 Å². The second kappa shape index (κ2) is 4.94. The van der Waals surface area contributed by atoms with Crippen LogP contribution in [0.15, 0.2) is 22.5 Å². The Balaban J connectivity index is 3.57. The predicted molar refractivity (Wildman–Crippen MR) is 67.3 cm³/mol. The molecular weight excluding hydrogens is 224 g/mol. The van der Waals surface area contributed by atoms with Crippen LogP contribution in [0.5, 0.6) is 0 Å². The molecule has 0 unspecified atom stereocenters. The van der Waals surface area contributed by atoms with Gasteiger partial charge in [0, 0.05) is 17.7 Å². The summed E-state index contributed by atoms with van der Waals surface area (Å²) in [5.41, 5.74) is 1.40. The minimum atomic E-state index is -0.692. The summed E-state index contributed by atoms with van der Waals surface area (Å²) in [6.07, 6.45) is 0.848. The number of allylic oxidation sites excluding steroid dienone is 4. The van der Waals surface area contributed by atoms with Crippen LogP contribution in [0.1, 0.15) is 34.1 Å². The Hall–Kier alpha value is -2.25. The Bertz CT molecular complexity index is 544. The third-order valence-electron chi connectivity index (χ3n) is 3.30. The lowest BCUT2D eigenvalue weighted by Gasteiger charge is -2.37. The number of hydrogen-bond donors (Lipinski definition) is 0. The van der Waals surface area contributed by atoms with Crippen LogP contribution in [0.3, 0.4) is 0 Å². The zero-order valence-electron chi connectivity index (χ0n) is 11.2. The molecule has 4 heteroatoms. The van der Waals surface area contributed by atoms with Gasteiger partial charge in [0.05, 0.1) is 23.3 Å². The summed E-state index contributed by atoms with van der Waals surface area (Å²) in [4.78, 5) is 1.78. The van der Waals surface area contributed by atoms with Crippen molar-refractivity contribution < 1.29 is 0 Å². The van der Waals surface area contributed by atoms with E-state index in [-0.39, 0.29) is 0 Å². The summed E-state index contributed by atoms with van der Waals surface area (Å²) in [7, 11) is 0. The van der Waals surface area contributed by atoms with Crippen molar-refractivity contribution in [1.82, 2.24) is 4.90 Å². The minimum absolute atomic E-state index is 0.376. The molecule has 0 spiro atoms. The highest BCUT2D eigenvalue weighted by Crippen LogP contribution is 2.43. The van der Waals surface area contributed by atoms with Crippen LogP contribution in [-0.2, 0) is 0 Å². The summed E-state index contributed by atoms with van der Waals surface area (Å²) in [6.45, 7) is 8.10. The lowest BCUT2D eigenvalue weighted by molar-refractivity contribution is 0.384. The highest BCUT2D eigenvalue weighted by atomic mass is 15.2. The van der Waals surface area contributed by atoms with Crippen LogP contribution < -0.4 is 0 Å². The van der Waals surface area contributed by atoms with Crippen molar-refractivity contribution in [3.63, 3.8) is 0 Å². The van der Waals surface area contributed by atoms with Gasteiger partial charge in [0.2, 0.25) is 0 Å². The van der Waals surface area contributed by atoms with E-state index in [1.807, 2.05) is 27.7 Å². The van der Waals surface area contributed by atoms with Gasteiger partial charge in [-0.3, -0.25) is 0 Å². The maximum absolute atomic E-state index is 9.31. The van der Waals surface area contributed by atoms with Gasteiger partial charge in [-0.25, -0.2) is 0 Å². The quantitative estimate of drug-likeness (QED) is 0.743. The van der Waals surface area contributed by atoms with Gasteiger partial charge in [0.1, 0.15) is 11.8 Å². The fourth-order valence-corrected chi connectivity index (χ4v) is 2.34. The maximum Gasteiger partial charge on any atom is 0.135 e. The van der Waals surface area contributed by atoms with Crippen molar-refractivity contribution in [2.24, 2.45) is 5.41 Å². The molecule has 1 heterocycles. The molecule has 18 heavy (non-hydrogen) atoms. The number of nitrogens with zero attached hydrogens (tertiary/aromatic N) is 4. The smallest absolute Gasteiger partial charge is 0.135 e. The molecule has 0 N–H and O–H groups in total. The highest BCUT2D eigenvalue weighted by Gasteiger charge is 2.39. The SMILES string of the molecule is CCCN1C(C)=C(C#N)C(C)(C)C(C#N)=C1C#N. The molecule has 0 aromatic rings. The molecular formula is C14H16N4.